The zero-order chi connectivity index (χ0) is 94.0. The first-order chi connectivity index (χ1) is 67.2. The Bertz CT molecular complexity index is 5510. The summed E-state index contributed by atoms with van der Waals surface area (Å²) in [6.07, 6.45) is -25.4. The number of carboxylic acids is 1. The van der Waals surface area contributed by atoms with E-state index in [1.807, 2.05) is 322 Å². The average Bonchev–Trinajstić information content (AvgIpc) is 1.48. The standard InChI is InChI=1S/C109H115N3O25/c1-70(113)110-91-97(137-108-101(125-62-78-46-24-9-25-47-78)99(123-60-76-42-20-7-21-43-76)94(121-58-74-38-16-5-17-39-74)88(133-108)66-119-56-72-34-12-3-13-35-72)93(115)87(131-105(91)127-65-86(103(116)117)112-109(118)130-64-85-83-54-32-30-52-81(83)82-53-31-33-55-84(82)85)68-129-106-92(111-71(2)114)98(122-59-75-40-18-6-19-41-75)95(89(132-106)67-120-57-73-36-14-4-15-37-73)136-107-102(126-63-79-48-26-10-27-49-79)100(124-61-77-44-22-8-23-45-77)96-90(134-107)69-128-104(135-96)80-50-28-11-29-51-80/h3-55,85-102,104-108,115H,56-69H2,1-2H3,(H,110,113)(H,111,114)(H,112,118)(H,116,117)/t86-,87+,88+,89+,90+,91+,92+,93-,94-,95+,96-,97+,98+,99-,100-,101+,102+,104?,105-,106+,107-,108-/m0/s1. The van der Waals surface area contributed by atoms with Crippen molar-refractivity contribution < 1.29 is 119 Å². The third-order valence-electron chi connectivity index (χ3n) is 24.9. The van der Waals surface area contributed by atoms with Gasteiger partial charge in [-0.2, -0.15) is 0 Å². The fourth-order valence-electron chi connectivity index (χ4n) is 18.2. The minimum absolute atomic E-state index is 0.0237. The number of aliphatic carboxylic acids is 1. The summed E-state index contributed by atoms with van der Waals surface area (Å²) >= 11 is 0. The van der Waals surface area contributed by atoms with Crippen molar-refractivity contribution in [2.24, 2.45) is 0 Å². The normalized spacial score (nSPS) is 26.5. The van der Waals surface area contributed by atoms with Crippen LogP contribution in [-0.4, -0.2) is 202 Å². The fourth-order valence-corrected chi connectivity index (χ4v) is 18.2. The molecule has 6 aliphatic rings. The van der Waals surface area contributed by atoms with Crippen LogP contribution in [0, 0.1) is 0 Å². The molecule has 1 unspecified atom stereocenters. The number of hydrogen-bond acceptors (Lipinski definition) is 24. The van der Waals surface area contributed by atoms with Crippen LogP contribution in [-0.2, 0) is 157 Å². The third-order valence-corrected chi connectivity index (χ3v) is 24.9. The number of carboxylic acid groups (broad SMARTS) is 1. The lowest BCUT2D eigenvalue weighted by atomic mass is 9.94. The summed E-state index contributed by atoms with van der Waals surface area (Å²) in [6, 6.07) is 96.9. The van der Waals surface area contributed by atoms with Gasteiger partial charge in [0.25, 0.3) is 0 Å². The van der Waals surface area contributed by atoms with Crippen LogP contribution >= 0.6 is 0 Å². The van der Waals surface area contributed by atoms with Gasteiger partial charge in [0.2, 0.25) is 11.8 Å². The zero-order valence-electron chi connectivity index (χ0n) is 76.1. The molecular formula is C109H115N3O25. The number of benzene rings is 11. The predicted octanol–water partition coefficient (Wildman–Crippen LogP) is 14.1. The summed E-state index contributed by atoms with van der Waals surface area (Å²) in [5.74, 6) is -3.14. The number of fused-ring (bicyclic) bond motifs is 4. The summed E-state index contributed by atoms with van der Waals surface area (Å²) in [7, 11) is 0. The first-order valence-corrected chi connectivity index (χ1v) is 46.4. The molecule has 5 heterocycles. The topological polar surface area (TPSA) is 320 Å². The Morgan fingerprint density at radius 3 is 1.18 bits per heavy atom. The number of hydrogen-bond donors (Lipinski definition) is 5. The first kappa shape index (κ1) is 97.0. The van der Waals surface area contributed by atoms with Crippen molar-refractivity contribution in [1.29, 1.82) is 0 Å². The maximum Gasteiger partial charge on any atom is 0.407 e. The minimum atomic E-state index is -1.91. The number of rotatable bonds is 43. The van der Waals surface area contributed by atoms with E-state index in [-0.39, 0.29) is 85.2 Å². The lowest BCUT2D eigenvalue weighted by Gasteiger charge is -2.52. The van der Waals surface area contributed by atoms with Crippen molar-refractivity contribution in [3.05, 3.63) is 383 Å². The maximum absolute atomic E-state index is 14.4. The third kappa shape index (κ3) is 25.8. The molecule has 28 nitrogen and oxygen atoms in total. The molecule has 0 bridgehead atoms. The smallest absolute Gasteiger partial charge is 0.407 e. The van der Waals surface area contributed by atoms with Crippen LogP contribution in [0.25, 0.3) is 11.1 Å². The molecule has 0 spiro atoms. The van der Waals surface area contributed by atoms with Crippen molar-refractivity contribution in [3.8, 4) is 11.1 Å². The van der Waals surface area contributed by atoms with Crippen molar-refractivity contribution in [2.75, 3.05) is 39.6 Å². The van der Waals surface area contributed by atoms with E-state index < -0.39 is 172 Å². The number of nitrogens with one attached hydrogen (secondary N) is 3. The van der Waals surface area contributed by atoms with E-state index >= 15 is 0 Å². The van der Waals surface area contributed by atoms with Crippen molar-refractivity contribution in [1.82, 2.24) is 16.0 Å². The van der Waals surface area contributed by atoms with Crippen LogP contribution in [0.3, 0.4) is 0 Å². The van der Waals surface area contributed by atoms with Gasteiger partial charge in [0, 0.05) is 25.3 Å². The lowest BCUT2D eigenvalue weighted by molar-refractivity contribution is -0.392. The number of aliphatic hydroxyl groups excluding tert-OH is 1. The molecule has 0 aromatic heterocycles. The molecule has 11 aromatic rings. The lowest BCUT2D eigenvalue weighted by Crippen LogP contribution is -2.70. The quantitative estimate of drug-likeness (QED) is 0.0237. The molecule has 716 valence electrons. The molecule has 0 radical (unpaired) electrons. The molecule has 22 atom stereocenters. The SMILES string of the molecule is CC(=O)N[C@H]1[C@H](OC[C@H]2O[C@H](OC[C@H](NC(=O)OCC3c4ccccc4-c4ccccc43)C(=O)O)[C@H](NC(C)=O)[C@@H](O[C@@H]3O[C@H](COCc4ccccc4)[C@H](OCc4ccccc4)[C@H](OCc4ccccc4)[C@H]3OCc3ccccc3)[C@H]2O)O[C@H](COCc2ccccc2)[C@@H](O[C@@H]2O[C@@H]3COC(c4ccccc4)O[C@@H]3[C@H](OCc3ccccc3)[C@H]2OCc2ccccc2)[C@@H]1OCc1ccccc1. The Morgan fingerprint density at radius 2 is 0.715 bits per heavy atom. The monoisotopic (exact) mass is 1870 g/mol. The highest BCUT2D eigenvalue weighted by atomic mass is 16.8. The number of aliphatic hydroxyl groups is 1. The van der Waals surface area contributed by atoms with Crippen molar-refractivity contribution in [2.45, 2.75) is 208 Å². The summed E-state index contributed by atoms with van der Waals surface area (Å²) in [5, 5.41) is 33.5. The van der Waals surface area contributed by atoms with Crippen LogP contribution < -0.4 is 16.0 Å². The largest absolute Gasteiger partial charge is 0.480 e. The van der Waals surface area contributed by atoms with Gasteiger partial charge in [0.05, 0.1) is 85.9 Å². The maximum atomic E-state index is 14.4. The molecule has 5 N–H and O–H groups in total. The Morgan fingerprint density at radius 1 is 0.350 bits per heavy atom. The van der Waals surface area contributed by atoms with E-state index in [1.165, 1.54) is 13.8 Å². The van der Waals surface area contributed by atoms with Gasteiger partial charge >= 0.3 is 12.1 Å². The van der Waals surface area contributed by atoms with Gasteiger partial charge < -0.3 is 116 Å². The summed E-state index contributed by atoms with van der Waals surface area (Å²) in [4.78, 5) is 56.7. The van der Waals surface area contributed by atoms with Gasteiger partial charge in [-0.1, -0.05) is 322 Å². The van der Waals surface area contributed by atoms with E-state index in [1.54, 1.807) is 0 Å². The number of carbonyl (C=O) groups is 4. The summed E-state index contributed by atoms with van der Waals surface area (Å²) < 4.78 is 133. The molecule has 5 aliphatic heterocycles. The molecule has 11 aromatic carbocycles. The molecular weight excluding hydrogens is 1750 g/mol. The number of ether oxygens (including phenoxy) is 19. The van der Waals surface area contributed by atoms with Crippen molar-refractivity contribution >= 4 is 23.9 Å². The minimum Gasteiger partial charge on any atom is -0.480 e. The fraction of sp³-hybridized carbons (Fsp3) is 0.358. The van der Waals surface area contributed by atoms with Gasteiger partial charge in [-0.25, -0.2) is 9.59 Å². The van der Waals surface area contributed by atoms with Crippen LogP contribution in [0.15, 0.2) is 322 Å². The van der Waals surface area contributed by atoms with Gasteiger partial charge in [0.15, 0.2) is 37.5 Å². The van der Waals surface area contributed by atoms with Crippen LogP contribution in [0.4, 0.5) is 4.79 Å². The molecule has 5 saturated heterocycles. The van der Waals surface area contributed by atoms with E-state index in [0.29, 0.717) is 0 Å². The predicted molar refractivity (Wildman–Crippen MR) is 499 cm³/mol. The van der Waals surface area contributed by atoms with Crippen LogP contribution in [0.5, 0.6) is 0 Å². The molecule has 1 aliphatic carbocycles. The second-order valence-corrected chi connectivity index (χ2v) is 34.6. The Hall–Kier alpha value is -11.7. The molecule has 5 fully saturated rings. The van der Waals surface area contributed by atoms with Gasteiger partial charge in [0.1, 0.15) is 104 Å². The highest BCUT2D eigenvalue weighted by Crippen LogP contribution is 2.46. The highest BCUT2D eigenvalue weighted by molar-refractivity contribution is 5.81. The zero-order valence-corrected chi connectivity index (χ0v) is 76.1. The van der Waals surface area contributed by atoms with E-state index in [2.05, 4.69) is 16.0 Å². The highest BCUT2D eigenvalue weighted by Gasteiger charge is 2.59. The number of carbonyl (C=O) groups excluding carboxylic acids is 3. The molecule has 28 heteroatoms. The molecule has 17 rings (SSSR count). The van der Waals surface area contributed by atoms with E-state index in [9.17, 15) is 29.4 Å². The van der Waals surface area contributed by atoms with Gasteiger partial charge in [-0.05, 0) is 66.8 Å². The van der Waals surface area contributed by atoms with Gasteiger partial charge in [-0.3, -0.25) is 9.59 Å². The first-order valence-electron chi connectivity index (χ1n) is 46.4. The number of amides is 3. The summed E-state index contributed by atoms with van der Waals surface area (Å²) in [6.45, 7) is 0.978. The van der Waals surface area contributed by atoms with Gasteiger partial charge in [-0.15, -0.1) is 0 Å². The second kappa shape index (κ2) is 48.6. The van der Waals surface area contributed by atoms with Crippen LogP contribution in [0.2, 0.25) is 0 Å². The Kier molecular flexibility index (Phi) is 34.4. The van der Waals surface area contributed by atoms with E-state index in [4.69, 9.17) is 90.0 Å². The summed E-state index contributed by atoms with van der Waals surface area (Å²) in [5.41, 5.74) is 11.1. The number of alkyl carbamates (subject to hydrolysis) is 1. The molecule has 3 amide bonds. The van der Waals surface area contributed by atoms with E-state index in [0.717, 1.165) is 72.3 Å². The average molecular weight is 1870 g/mol. The molecule has 0 saturated carbocycles. The second-order valence-electron chi connectivity index (χ2n) is 34.6. The Balaban J connectivity index is 0.735. The van der Waals surface area contributed by atoms with Crippen LogP contribution in [0.1, 0.15) is 87.3 Å². The Labute approximate surface area is 796 Å². The van der Waals surface area contributed by atoms with Crippen molar-refractivity contribution in [3.63, 3.8) is 0 Å². The molecule has 137 heavy (non-hydrogen) atoms.